The number of hydrogen-bond acceptors (Lipinski definition) is 4. The summed E-state index contributed by atoms with van der Waals surface area (Å²) in [7, 11) is -1.99. The van der Waals surface area contributed by atoms with Crippen molar-refractivity contribution in [3.63, 3.8) is 0 Å². The average molecular weight is 287 g/mol. The SMILES string of the molecule is CCN(CC)S(=O)(=O)c1ccc(OC)cc1CCO. The first-order valence-electron chi connectivity index (χ1n) is 6.29. The van der Waals surface area contributed by atoms with Gasteiger partial charge in [-0.3, -0.25) is 0 Å². The van der Waals surface area contributed by atoms with Crippen molar-refractivity contribution >= 4 is 10.0 Å². The van der Waals surface area contributed by atoms with Crippen molar-refractivity contribution in [1.82, 2.24) is 4.31 Å². The first-order chi connectivity index (χ1) is 9.01. The summed E-state index contributed by atoms with van der Waals surface area (Å²) in [4.78, 5) is 0.242. The third kappa shape index (κ3) is 3.46. The van der Waals surface area contributed by atoms with E-state index in [1.807, 2.05) is 0 Å². The lowest BCUT2D eigenvalue weighted by molar-refractivity contribution is 0.298. The lowest BCUT2D eigenvalue weighted by atomic mass is 10.1. The van der Waals surface area contributed by atoms with Crippen molar-refractivity contribution in [2.75, 3.05) is 26.8 Å². The predicted octanol–water partition coefficient (Wildman–Crippen LogP) is 1.26. The Balaban J connectivity index is 3.32. The zero-order valence-electron chi connectivity index (χ0n) is 11.6. The molecule has 108 valence electrons. The molecule has 1 aromatic carbocycles. The van der Waals surface area contributed by atoms with Gasteiger partial charge in [0.15, 0.2) is 0 Å². The molecule has 0 aliphatic heterocycles. The minimum absolute atomic E-state index is 0.103. The van der Waals surface area contributed by atoms with E-state index in [2.05, 4.69) is 0 Å². The minimum atomic E-state index is -3.51. The number of benzene rings is 1. The van der Waals surface area contributed by atoms with Gasteiger partial charge in [-0.25, -0.2) is 8.42 Å². The second-order valence-electron chi connectivity index (χ2n) is 4.04. The summed E-state index contributed by atoms with van der Waals surface area (Å²) in [6.07, 6.45) is 0.285. The molecule has 0 radical (unpaired) electrons. The maximum absolute atomic E-state index is 12.5. The Morgan fingerprint density at radius 2 is 1.89 bits per heavy atom. The van der Waals surface area contributed by atoms with Gasteiger partial charge < -0.3 is 9.84 Å². The van der Waals surface area contributed by atoms with Crippen molar-refractivity contribution in [3.8, 4) is 5.75 Å². The van der Waals surface area contributed by atoms with Crippen molar-refractivity contribution in [2.45, 2.75) is 25.2 Å². The highest BCUT2D eigenvalue weighted by Crippen LogP contribution is 2.25. The van der Waals surface area contributed by atoms with Gasteiger partial charge in [-0.05, 0) is 30.2 Å². The van der Waals surface area contributed by atoms with Gasteiger partial charge in [-0.2, -0.15) is 4.31 Å². The molecular formula is C13H21NO4S. The number of nitrogens with zero attached hydrogens (tertiary/aromatic N) is 1. The Morgan fingerprint density at radius 3 is 2.37 bits per heavy atom. The van der Waals surface area contributed by atoms with Crippen LogP contribution in [0.5, 0.6) is 5.75 Å². The number of sulfonamides is 1. The Hall–Kier alpha value is -1.11. The number of aliphatic hydroxyl groups excluding tert-OH is 1. The quantitative estimate of drug-likeness (QED) is 0.820. The molecule has 0 heterocycles. The lowest BCUT2D eigenvalue weighted by Gasteiger charge is -2.20. The van der Waals surface area contributed by atoms with Crippen LogP contribution in [-0.4, -0.2) is 44.6 Å². The van der Waals surface area contributed by atoms with Crippen LogP contribution in [0.4, 0.5) is 0 Å². The Kier molecular flexibility index (Phi) is 5.78. The summed E-state index contributed by atoms with van der Waals surface area (Å²) in [5.74, 6) is 0.585. The fraction of sp³-hybridized carbons (Fsp3) is 0.538. The number of hydrogen-bond donors (Lipinski definition) is 1. The molecule has 0 saturated heterocycles. The molecule has 0 spiro atoms. The summed E-state index contributed by atoms with van der Waals surface area (Å²) in [6, 6.07) is 4.82. The Morgan fingerprint density at radius 1 is 1.26 bits per heavy atom. The Labute approximate surface area is 114 Å². The van der Waals surface area contributed by atoms with E-state index in [0.29, 0.717) is 24.4 Å². The van der Waals surface area contributed by atoms with Gasteiger partial charge in [-0.15, -0.1) is 0 Å². The number of aliphatic hydroxyl groups is 1. The minimum Gasteiger partial charge on any atom is -0.497 e. The molecule has 0 aliphatic carbocycles. The van der Waals surface area contributed by atoms with Gasteiger partial charge in [0.05, 0.1) is 12.0 Å². The van der Waals surface area contributed by atoms with Gasteiger partial charge >= 0.3 is 0 Å². The van der Waals surface area contributed by atoms with Crippen LogP contribution in [0.25, 0.3) is 0 Å². The van der Waals surface area contributed by atoms with E-state index < -0.39 is 10.0 Å². The monoisotopic (exact) mass is 287 g/mol. The normalized spacial score (nSPS) is 11.8. The molecule has 0 bridgehead atoms. The highest BCUT2D eigenvalue weighted by molar-refractivity contribution is 7.89. The molecule has 0 aliphatic rings. The first kappa shape index (κ1) is 15.9. The predicted molar refractivity (Wildman–Crippen MR) is 73.9 cm³/mol. The van der Waals surface area contributed by atoms with Crippen LogP contribution >= 0.6 is 0 Å². The number of methoxy groups -OCH3 is 1. The van der Waals surface area contributed by atoms with E-state index in [-0.39, 0.29) is 17.9 Å². The summed E-state index contributed by atoms with van der Waals surface area (Å²) in [6.45, 7) is 4.34. The standard InChI is InChI=1S/C13H21NO4S/c1-4-14(5-2)19(16,17)13-7-6-12(18-3)10-11(13)8-9-15/h6-7,10,15H,4-5,8-9H2,1-3H3. The molecule has 0 saturated carbocycles. The maximum Gasteiger partial charge on any atom is 0.243 e. The zero-order valence-corrected chi connectivity index (χ0v) is 12.4. The summed E-state index contributed by atoms with van der Waals surface area (Å²) in [5.41, 5.74) is 0.578. The van der Waals surface area contributed by atoms with Crippen LogP contribution in [0.3, 0.4) is 0 Å². The third-order valence-electron chi connectivity index (χ3n) is 2.97. The number of ether oxygens (including phenoxy) is 1. The molecular weight excluding hydrogens is 266 g/mol. The molecule has 5 nitrogen and oxygen atoms in total. The van der Waals surface area contributed by atoms with Gasteiger partial charge in [0.2, 0.25) is 10.0 Å². The van der Waals surface area contributed by atoms with Crippen molar-refractivity contribution < 1.29 is 18.3 Å². The molecule has 0 amide bonds. The highest BCUT2D eigenvalue weighted by atomic mass is 32.2. The second-order valence-corrected chi connectivity index (χ2v) is 5.94. The molecule has 1 aromatic rings. The van der Waals surface area contributed by atoms with E-state index in [0.717, 1.165) is 0 Å². The summed E-state index contributed by atoms with van der Waals surface area (Å²) < 4.78 is 31.5. The summed E-state index contributed by atoms with van der Waals surface area (Å²) in [5, 5.41) is 9.08. The second kappa shape index (κ2) is 6.88. The topological polar surface area (TPSA) is 66.8 Å². The van der Waals surface area contributed by atoms with Crippen LogP contribution in [0.15, 0.2) is 23.1 Å². The Bertz CT molecular complexity index is 509. The zero-order chi connectivity index (χ0) is 14.5. The van der Waals surface area contributed by atoms with Gasteiger partial charge in [0, 0.05) is 19.7 Å². The van der Waals surface area contributed by atoms with Crippen LogP contribution in [0.1, 0.15) is 19.4 Å². The molecule has 0 fully saturated rings. The van der Waals surface area contributed by atoms with Crippen LogP contribution in [-0.2, 0) is 16.4 Å². The molecule has 1 rings (SSSR count). The number of rotatable bonds is 7. The van der Waals surface area contributed by atoms with Crippen molar-refractivity contribution in [3.05, 3.63) is 23.8 Å². The summed E-state index contributed by atoms with van der Waals surface area (Å²) >= 11 is 0. The largest absolute Gasteiger partial charge is 0.497 e. The van der Waals surface area contributed by atoms with E-state index in [4.69, 9.17) is 9.84 Å². The fourth-order valence-corrected chi connectivity index (χ4v) is 3.64. The van der Waals surface area contributed by atoms with Gasteiger partial charge in [0.25, 0.3) is 0 Å². The molecule has 19 heavy (non-hydrogen) atoms. The lowest BCUT2D eigenvalue weighted by Crippen LogP contribution is -2.31. The molecule has 0 unspecified atom stereocenters. The van der Waals surface area contributed by atoms with E-state index in [9.17, 15) is 8.42 Å². The van der Waals surface area contributed by atoms with Crippen LogP contribution < -0.4 is 4.74 Å². The molecule has 0 aromatic heterocycles. The van der Waals surface area contributed by atoms with Crippen molar-refractivity contribution in [2.24, 2.45) is 0 Å². The maximum atomic E-state index is 12.5. The molecule has 6 heteroatoms. The molecule has 1 N–H and O–H groups in total. The van der Waals surface area contributed by atoms with Crippen molar-refractivity contribution in [1.29, 1.82) is 0 Å². The van der Waals surface area contributed by atoms with E-state index in [1.165, 1.54) is 17.5 Å². The van der Waals surface area contributed by atoms with Crippen LogP contribution in [0, 0.1) is 0 Å². The average Bonchev–Trinajstić information content (AvgIpc) is 2.39. The highest BCUT2D eigenvalue weighted by Gasteiger charge is 2.24. The third-order valence-corrected chi connectivity index (χ3v) is 5.12. The van der Waals surface area contributed by atoms with Gasteiger partial charge in [-0.1, -0.05) is 13.8 Å². The molecule has 0 atom stereocenters. The first-order valence-corrected chi connectivity index (χ1v) is 7.73. The fourth-order valence-electron chi connectivity index (χ4n) is 1.95. The van der Waals surface area contributed by atoms with Crippen LogP contribution in [0.2, 0.25) is 0 Å². The smallest absolute Gasteiger partial charge is 0.243 e. The van der Waals surface area contributed by atoms with E-state index >= 15 is 0 Å². The van der Waals surface area contributed by atoms with Gasteiger partial charge in [0.1, 0.15) is 5.75 Å². The van der Waals surface area contributed by atoms with E-state index in [1.54, 1.807) is 26.0 Å².